The van der Waals surface area contributed by atoms with Crippen LogP contribution in [0.2, 0.25) is 5.02 Å². The number of para-hydroxylation sites is 1. The molecule has 0 unspecified atom stereocenters. The molecule has 0 saturated heterocycles. The third-order valence-corrected chi connectivity index (χ3v) is 9.09. The fourth-order valence-corrected chi connectivity index (χ4v) is 6.74. The van der Waals surface area contributed by atoms with Crippen molar-refractivity contribution in [3.8, 4) is 55.6 Å². The highest BCUT2D eigenvalue weighted by Gasteiger charge is 2.15. The third kappa shape index (κ3) is 6.12. The summed E-state index contributed by atoms with van der Waals surface area (Å²) in [5, 5.41) is 6.96. The number of hydrogen-bond acceptors (Lipinski definition) is 1. The molecule has 0 saturated carbocycles. The average molecular weight is 634 g/mol. The molecule has 8 aromatic rings. The smallest absolute Gasteiger partial charge is 0.0543 e. The number of halogens is 1. The minimum atomic E-state index is 0.680. The topological polar surface area (TPSA) is 12.0 Å². The summed E-state index contributed by atoms with van der Waals surface area (Å²) in [6.45, 7) is 0. The fourth-order valence-electron chi connectivity index (χ4n) is 6.50. The van der Waals surface area contributed by atoms with Crippen LogP contribution < -0.4 is 5.32 Å². The van der Waals surface area contributed by atoms with Crippen molar-refractivity contribution >= 4 is 33.7 Å². The standard InChI is InChI=1S/C46H32ClN/c47-42-29-41(38-25-24-34-16-7-8-17-35(34)26-38)30-43(31-42)48-46-44(39-20-9-18-36(27-39)32-12-3-1-4-13-32)22-11-23-45(46)40-21-10-19-37(28-40)33-14-5-2-6-15-33/h1-31,48H. The lowest BCUT2D eigenvalue weighted by atomic mass is 9.92. The Labute approximate surface area is 286 Å². The molecule has 0 aliphatic heterocycles. The first-order valence-corrected chi connectivity index (χ1v) is 16.6. The van der Waals surface area contributed by atoms with Crippen LogP contribution in [0, 0.1) is 0 Å². The zero-order chi connectivity index (χ0) is 32.3. The van der Waals surface area contributed by atoms with Gasteiger partial charge in [-0.3, -0.25) is 0 Å². The Balaban J connectivity index is 1.27. The van der Waals surface area contributed by atoms with Crippen molar-refractivity contribution < 1.29 is 0 Å². The minimum Gasteiger partial charge on any atom is -0.354 e. The second-order valence-electron chi connectivity index (χ2n) is 12.0. The summed E-state index contributed by atoms with van der Waals surface area (Å²) >= 11 is 6.84. The molecule has 8 aromatic carbocycles. The molecule has 0 spiro atoms. The zero-order valence-corrected chi connectivity index (χ0v) is 27.0. The van der Waals surface area contributed by atoms with E-state index >= 15 is 0 Å². The van der Waals surface area contributed by atoms with E-state index in [9.17, 15) is 0 Å². The number of rotatable bonds is 7. The largest absolute Gasteiger partial charge is 0.354 e. The van der Waals surface area contributed by atoms with Gasteiger partial charge in [-0.15, -0.1) is 0 Å². The summed E-state index contributed by atoms with van der Waals surface area (Å²) in [4.78, 5) is 0. The summed E-state index contributed by atoms with van der Waals surface area (Å²) in [5.41, 5.74) is 13.4. The van der Waals surface area contributed by atoms with E-state index in [2.05, 4.69) is 181 Å². The number of benzene rings is 8. The molecule has 0 aliphatic rings. The summed E-state index contributed by atoms with van der Waals surface area (Å²) in [6, 6.07) is 66.4. The molecular weight excluding hydrogens is 602 g/mol. The highest BCUT2D eigenvalue weighted by Crippen LogP contribution is 2.42. The number of hydrogen-bond donors (Lipinski definition) is 1. The summed E-state index contributed by atoms with van der Waals surface area (Å²) in [6.07, 6.45) is 0. The van der Waals surface area contributed by atoms with Crippen molar-refractivity contribution in [1.82, 2.24) is 0 Å². The Morgan fingerprint density at radius 3 is 1.44 bits per heavy atom. The second-order valence-corrected chi connectivity index (χ2v) is 12.5. The summed E-state index contributed by atoms with van der Waals surface area (Å²) in [5.74, 6) is 0. The van der Waals surface area contributed by atoms with E-state index in [1.165, 1.54) is 33.0 Å². The van der Waals surface area contributed by atoms with Gasteiger partial charge < -0.3 is 5.32 Å². The monoisotopic (exact) mass is 633 g/mol. The van der Waals surface area contributed by atoms with E-state index in [4.69, 9.17) is 11.6 Å². The minimum absolute atomic E-state index is 0.680. The van der Waals surface area contributed by atoms with Crippen molar-refractivity contribution in [3.05, 3.63) is 193 Å². The van der Waals surface area contributed by atoms with Crippen LogP contribution in [0.4, 0.5) is 11.4 Å². The molecule has 48 heavy (non-hydrogen) atoms. The van der Waals surface area contributed by atoms with Gasteiger partial charge in [0.15, 0.2) is 0 Å². The van der Waals surface area contributed by atoms with Gasteiger partial charge in [-0.25, -0.2) is 0 Å². The van der Waals surface area contributed by atoms with Gasteiger partial charge in [0.1, 0.15) is 0 Å². The maximum atomic E-state index is 6.84. The molecule has 0 radical (unpaired) electrons. The van der Waals surface area contributed by atoms with Gasteiger partial charge in [0.05, 0.1) is 5.69 Å². The first kappa shape index (κ1) is 29.5. The molecule has 0 atom stereocenters. The van der Waals surface area contributed by atoms with Crippen LogP contribution in [0.5, 0.6) is 0 Å². The van der Waals surface area contributed by atoms with Crippen LogP contribution in [-0.2, 0) is 0 Å². The maximum absolute atomic E-state index is 6.84. The molecular formula is C46H32ClN. The van der Waals surface area contributed by atoms with Crippen LogP contribution in [0.15, 0.2) is 188 Å². The molecule has 0 fully saturated rings. The van der Waals surface area contributed by atoms with Crippen LogP contribution >= 0.6 is 11.6 Å². The Kier molecular flexibility index (Phi) is 8.04. The van der Waals surface area contributed by atoms with Gasteiger partial charge in [0, 0.05) is 21.8 Å². The van der Waals surface area contributed by atoms with Gasteiger partial charge in [-0.05, 0) is 91.7 Å². The second kappa shape index (κ2) is 13.1. The molecule has 2 heteroatoms. The van der Waals surface area contributed by atoms with E-state index in [0.717, 1.165) is 44.8 Å². The normalized spacial score (nSPS) is 11.0. The van der Waals surface area contributed by atoms with Crippen molar-refractivity contribution in [3.63, 3.8) is 0 Å². The molecule has 0 amide bonds. The summed E-state index contributed by atoms with van der Waals surface area (Å²) in [7, 11) is 0. The lowest BCUT2D eigenvalue weighted by Crippen LogP contribution is -1.98. The van der Waals surface area contributed by atoms with Gasteiger partial charge in [0.2, 0.25) is 0 Å². The van der Waals surface area contributed by atoms with Crippen molar-refractivity contribution in [2.75, 3.05) is 5.32 Å². The van der Waals surface area contributed by atoms with Gasteiger partial charge in [-0.1, -0.05) is 163 Å². The maximum Gasteiger partial charge on any atom is 0.0543 e. The van der Waals surface area contributed by atoms with E-state index in [1.54, 1.807) is 0 Å². The highest BCUT2D eigenvalue weighted by molar-refractivity contribution is 6.31. The predicted molar refractivity (Wildman–Crippen MR) is 206 cm³/mol. The van der Waals surface area contributed by atoms with E-state index < -0.39 is 0 Å². The van der Waals surface area contributed by atoms with E-state index in [0.29, 0.717) is 5.02 Å². The number of nitrogens with one attached hydrogen (secondary N) is 1. The predicted octanol–water partition coefficient (Wildman–Crippen LogP) is 13.6. The van der Waals surface area contributed by atoms with Crippen LogP contribution in [0.25, 0.3) is 66.4 Å². The lowest BCUT2D eigenvalue weighted by molar-refractivity contribution is 1.51. The first-order valence-electron chi connectivity index (χ1n) is 16.2. The molecule has 0 bridgehead atoms. The Morgan fingerprint density at radius 2 is 0.812 bits per heavy atom. The SMILES string of the molecule is Clc1cc(Nc2c(-c3cccc(-c4ccccc4)c3)cccc2-c2cccc(-c3ccccc3)c2)cc(-c2ccc3ccccc3c2)c1. The van der Waals surface area contributed by atoms with Crippen molar-refractivity contribution in [1.29, 1.82) is 0 Å². The number of fused-ring (bicyclic) bond motifs is 1. The Hall–Kier alpha value is -5.89. The molecule has 0 aromatic heterocycles. The summed E-state index contributed by atoms with van der Waals surface area (Å²) < 4.78 is 0. The quantitative estimate of drug-likeness (QED) is 0.184. The van der Waals surface area contributed by atoms with Gasteiger partial charge in [-0.2, -0.15) is 0 Å². The zero-order valence-electron chi connectivity index (χ0n) is 26.3. The molecule has 0 aliphatic carbocycles. The molecule has 228 valence electrons. The highest BCUT2D eigenvalue weighted by atomic mass is 35.5. The molecule has 8 rings (SSSR count). The van der Waals surface area contributed by atoms with Crippen molar-refractivity contribution in [2.24, 2.45) is 0 Å². The van der Waals surface area contributed by atoms with Gasteiger partial charge >= 0.3 is 0 Å². The lowest BCUT2D eigenvalue weighted by Gasteiger charge is -2.19. The van der Waals surface area contributed by atoms with Gasteiger partial charge in [0.25, 0.3) is 0 Å². The average Bonchev–Trinajstić information content (AvgIpc) is 3.15. The van der Waals surface area contributed by atoms with E-state index in [1.807, 2.05) is 12.1 Å². The Morgan fingerprint density at radius 1 is 0.312 bits per heavy atom. The Bertz CT molecular complexity index is 2280. The molecule has 1 nitrogen and oxygen atoms in total. The molecule has 1 N–H and O–H groups in total. The van der Waals surface area contributed by atoms with Crippen molar-refractivity contribution in [2.45, 2.75) is 0 Å². The first-order chi connectivity index (χ1) is 23.7. The third-order valence-electron chi connectivity index (χ3n) is 8.88. The number of anilines is 2. The van der Waals surface area contributed by atoms with Crippen LogP contribution in [-0.4, -0.2) is 0 Å². The molecule has 0 heterocycles. The van der Waals surface area contributed by atoms with Crippen LogP contribution in [0.3, 0.4) is 0 Å². The van der Waals surface area contributed by atoms with Crippen LogP contribution in [0.1, 0.15) is 0 Å². The van der Waals surface area contributed by atoms with E-state index in [-0.39, 0.29) is 0 Å². The fraction of sp³-hybridized carbons (Fsp3) is 0.